The van der Waals surface area contributed by atoms with Gasteiger partial charge < -0.3 is 19.1 Å². The van der Waals surface area contributed by atoms with E-state index in [1.165, 1.54) is 6.07 Å². The zero-order valence-corrected chi connectivity index (χ0v) is 24.2. The molecule has 0 unspecified atom stereocenters. The zero-order valence-electron chi connectivity index (χ0n) is 24.2. The van der Waals surface area contributed by atoms with Gasteiger partial charge in [-0.1, -0.05) is 24.0 Å². The van der Waals surface area contributed by atoms with Crippen LogP contribution < -0.4 is 4.74 Å². The molecule has 3 aliphatic rings. The Kier molecular flexibility index (Phi) is 7.81. The van der Waals surface area contributed by atoms with E-state index in [0.29, 0.717) is 36.7 Å². The van der Waals surface area contributed by atoms with Crippen molar-refractivity contribution in [2.75, 3.05) is 19.7 Å². The molecule has 44 heavy (non-hydrogen) atoms. The van der Waals surface area contributed by atoms with Crippen molar-refractivity contribution in [3.05, 3.63) is 88.8 Å². The molecule has 2 aromatic carbocycles. The Morgan fingerprint density at radius 3 is 2.75 bits per heavy atom. The monoisotopic (exact) mass is 593 g/mol. The van der Waals surface area contributed by atoms with E-state index in [4.69, 9.17) is 14.5 Å². The molecule has 0 bridgehead atoms. The van der Waals surface area contributed by atoms with Gasteiger partial charge >= 0.3 is 12.0 Å². The Labute approximate surface area is 254 Å². The number of carboxylic acid groups (broad SMARTS) is 1. The van der Waals surface area contributed by atoms with Crippen molar-refractivity contribution >= 4 is 22.6 Å². The molecule has 1 aliphatic carbocycles. The first-order valence-corrected chi connectivity index (χ1v) is 15.0. The summed E-state index contributed by atoms with van der Waals surface area (Å²) in [6.07, 6.45) is 7.96. The zero-order chi connectivity index (χ0) is 30.0. The van der Waals surface area contributed by atoms with Gasteiger partial charge in [0.15, 0.2) is 0 Å². The maximum atomic E-state index is 14.6. The summed E-state index contributed by atoms with van der Waals surface area (Å²) in [5.41, 5.74) is 4.83. The number of hydrogen-bond acceptors (Lipinski definition) is 7. The Morgan fingerprint density at radius 1 is 1.14 bits per heavy atom. The summed E-state index contributed by atoms with van der Waals surface area (Å²) >= 11 is 0. The fourth-order valence-corrected chi connectivity index (χ4v) is 5.44. The number of halogens is 1. The predicted molar refractivity (Wildman–Crippen MR) is 161 cm³/mol. The van der Waals surface area contributed by atoms with E-state index in [-0.39, 0.29) is 30.1 Å². The minimum Gasteiger partial charge on any atom is -0.478 e. The summed E-state index contributed by atoms with van der Waals surface area (Å²) in [5.74, 6) is 6.24. The van der Waals surface area contributed by atoms with Gasteiger partial charge in [0.05, 0.1) is 41.5 Å². The van der Waals surface area contributed by atoms with Crippen molar-refractivity contribution < 1.29 is 23.8 Å². The normalized spacial score (nSPS) is 18.3. The van der Waals surface area contributed by atoms with Crippen LogP contribution in [0.4, 0.5) is 4.39 Å². The lowest BCUT2D eigenvalue weighted by Crippen LogP contribution is -2.33. The van der Waals surface area contributed by atoms with Gasteiger partial charge in [-0.05, 0) is 67.7 Å². The van der Waals surface area contributed by atoms with E-state index in [0.717, 1.165) is 67.0 Å². The molecule has 9 nitrogen and oxygen atoms in total. The fourth-order valence-electron chi connectivity index (χ4n) is 5.44. The largest absolute Gasteiger partial charge is 0.478 e. The number of nitrogens with zero attached hydrogens (tertiary/aromatic N) is 5. The molecule has 2 aromatic heterocycles. The first-order valence-electron chi connectivity index (χ1n) is 15.0. The van der Waals surface area contributed by atoms with Crippen LogP contribution >= 0.6 is 0 Å². The van der Waals surface area contributed by atoms with Crippen LogP contribution in [-0.4, -0.2) is 61.3 Å². The van der Waals surface area contributed by atoms with Crippen LogP contribution in [0.25, 0.3) is 16.6 Å². The molecule has 10 heteroatoms. The highest BCUT2D eigenvalue weighted by Gasteiger charge is 2.24. The van der Waals surface area contributed by atoms with Gasteiger partial charge in [0.2, 0.25) is 0 Å². The Hall–Kier alpha value is -4.59. The average Bonchev–Trinajstić information content (AvgIpc) is 3.78. The van der Waals surface area contributed by atoms with E-state index in [9.17, 15) is 14.3 Å². The van der Waals surface area contributed by atoms with Crippen molar-refractivity contribution in [3.8, 4) is 17.9 Å². The van der Waals surface area contributed by atoms with Gasteiger partial charge in [-0.15, -0.1) is 0 Å². The summed E-state index contributed by atoms with van der Waals surface area (Å²) in [6.45, 7) is 3.57. The first kappa shape index (κ1) is 28.2. The fraction of sp³-hybridized carbons (Fsp3) is 0.353. The van der Waals surface area contributed by atoms with Crippen LogP contribution in [0.3, 0.4) is 0 Å². The van der Waals surface area contributed by atoms with E-state index in [1.54, 1.807) is 30.5 Å². The van der Waals surface area contributed by atoms with Crippen LogP contribution in [0.1, 0.15) is 58.7 Å². The van der Waals surface area contributed by atoms with Crippen molar-refractivity contribution in [1.82, 2.24) is 24.4 Å². The molecule has 0 radical (unpaired) electrons. The third-order valence-electron chi connectivity index (χ3n) is 8.28. The number of imidazole rings is 1. The first-order chi connectivity index (χ1) is 21.5. The van der Waals surface area contributed by atoms with Crippen LogP contribution in [0.15, 0.2) is 54.7 Å². The molecule has 1 atom stereocenters. The maximum absolute atomic E-state index is 14.6. The second kappa shape index (κ2) is 12.2. The summed E-state index contributed by atoms with van der Waals surface area (Å²) in [7, 11) is 0. The quantitative estimate of drug-likeness (QED) is 0.268. The van der Waals surface area contributed by atoms with Gasteiger partial charge in [0.1, 0.15) is 18.2 Å². The van der Waals surface area contributed by atoms with Crippen molar-refractivity contribution in [2.24, 2.45) is 5.92 Å². The predicted octanol–water partition coefficient (Wildman–Crippen LogP) is 5.08. The van der Waals surface area contributed by atoms with Crippen molar-refractivity contribution in [1.29, 1.82) is 0 Å². The molecule has 4 heterocycles. The minimum absolute atomic E-state index is 0.0271. The Bertz CT molecular complexity index is 1820. The van der Waals surface area contributed by atoms with Gasteiger partial charge in [-0.2, -0.15) is 4.98 Å². The maximum Gasteiger partial charge on any atom is 0.335 e. The summed E-state index contributed by atoms with van der Waals surface area (Å²) in [5, 5.41) is 9.51. The highest BCUT2D eigenvalue weighted by Crippen LogP contribution is 2.28. The van der Waals surface area contributed by atoms with Gasteiger partial charge in [-0.3, -0.25) is 4.90 Å². The molecule has 4 aromatic rings. The van der Waals surface area contributed by atoms with Gasteiger partial charge in [0.25, 0.3) is 0 Å². The Morgan fingerprint density at radius 2 is 2.02 bits per heavy atom. The van der Waals surface area contributed by atoms with Gasteiger partial charge in [0, 0.05) is 42.9 Å². The highest BCUT2D eigenvalue weighted by molar-refractivity contribution is 5.92. The summed E-state index contributed by atoms with van der Waals surface area (Å²) in [4.78, 5) is 27.6. The number of rotatable bonds is 9. The number of aromatic carboxylic acids is 1. The molecule has 1 saturated carbocycles. The van der Waals surface area contributed by atoms with Crippen LogP contribution in [0.5, 0.6) is 6.01 Å². The van der Waals surface area contributed by atoms with Gasteiger partial charge in [-0.25, -0.2) is 19.2 Å². The second-order valence-electron chi connectivity index (χ2n) is 11.5. The lowest BCUT2D eigenvalue weighted by Gasteiger charge is -2.29. The molecule has 224 valence electrons. The molecule has 2 aliphatic heterocycles. The highest BCUT2D eigenvalue weighted by atomic mass is 19.1. The molecule has 2 fully saturated rings. The SMILES string of the molecule is O=C(O)c1ccc2nc(CN3CC=C(c4ccnc(OCc5ccc(C#CC6CC6)cc5F)n4)CC3)n(C[C@@H]3CCO3)c2c1. The smallest absolute Gasteiger partial charge is 0.335 e. The van der Waals surface area contributed by atoms with Crippen LogP contribution in [-0.2, 0) is 24.4 Å². The number of hydrogen-bond donors (Lipinski definition) is 1. The third-order valence-corrected chi connectivity index (χ3v) is 8.28. The topological polar surface area (TPSA) is 103 Å². The van der Waals surface area contributed by atoms with E-state index in [1.807, 2.05) is 12.1 Å². The number of carbonyl (C=O) groups is 1. The van der Waals surface area contributed by atoms with Crippen LogP contribution in [0, 0.1) is 23.6 Å². The van der Waals surface area contributed by atoms with E-state index < -0.39 is 5.97 Å². The minimum atomic E-state index is -0.955. The summed E-state index contributed by atoms with van der Waals surface area (Å²) in [6, 6.07) is 12.1. The van der Waals surface area contributed by atoms with E-state index in [2.05, 4.69) is 37.4 Å². The molecule has 0 amide bonds. The van der Waals surface area contributed by atoms with E-state index >= 15 is 0 Å². The number of carboxylic acids is 1. The standard InChI is InChI=1S/C34H32FN5O4/c35-28-17-23(4-3-22-1-2-22)5-6-26(28)21-44-34-36-13-9-29(38-34)24-10-14-39(15-11-24)20-32-37-30-8-7-25(33(41)42)18-31(30)40(32)19-27-12-16-43-27/h5-10,13,17-18,22,27H,1-2,11-12,14-16,19-21H2,(H,41,42)/t27-/m0/s1. The molecule has 1 N–H and O–H groups in total. The van der Waals surface area contributed by atoms with Crippen molar-refractivity contribution in [2.45, 2.75) is 51.5 Å². The molecular weight excluding hydrogens is 561 g/mol. The second-order valence-corrected chi connectivity index (χ2v) is 11.5. The van der Waals surface area contributed by atoms with Crippen LogP contribution in [0.2, 0.25) is 0 Å². The lowest BCUT2D eigenvalue weighted by atomic mass is 10.0. The number of aromatic nitrogens is 4. The number of benzene rings is 2. The molecule has 1 saturated heterocycles. The molecular formula is C34H32FN5O4. The number of ether oxygens (including phenoxy) is 2. The molecule has 0 spiro atoms. The summed E-state index contributed by atoms with van der Waals surface area (Å²) < 4.78 is 28.2. The average molecular weight is 594 g/mol. The lowest BCUT2D eigenvalue weighted by molar-refractivity contribution is -0.0591. The third kappa shape index (κ3) is 6.34. The molecule has 7 rings (SSSR count). The van der Waals surface area contributed by atoms with Crippen molar-refractivity contribution in [3.63, 3.8) is 0 Å². The number of fused-ring (bicyclic) bond motifs is 1. The Balaban J connectivity index is 1.01.